The Morgan fingerprint density at radius 1 is 1.00 bits per heavy atom. The summed E-state index contributed by atoms with van der Waals surface area (Å²) in [6.45, 7) is -0.570. The SMILES string of the molecule is COCCn1cc(F)cc(N2C[C@@H](c3c(F)cc(OC)cc3F)C(NC(=O)c3ccc(OC(F)(F)F)cc3)C2=O)c1=O. The van der Waals surface area contributed by atoms with Gasteiger partial charge in [-0.1, -0.05) is 0 Å². The van der Waals surface area contributed by atoms with Gasteiger partial charge in [0.05, 0.1) is 13.7 Å². The van der Waals surface area contributed by atoms with Crippen molar-refractivity contribution in [1.82, 2.24) is 9.88 Å². The smallest absolute Gasteiger partial charge is 0.497 e. The lowest BCUT2D eigenvalue weighted by Crippen LogP contribution is -2.44. The Labute approximate surface area is 234 Å². The van der Waals surface area contributed by atoms with Gasteiger partial charge in [0.25, 0.3) is 11.5 Å². The second kappa shape index (κ2) is 12.1. The van der Waals surface area contributed by atoms with Gasteiger partial charge in [0, 0.05) is 61.6 Å². The maximum absolute atomic E-state index is 15.2. The minimum atomic E-state index is -4.97. The Morgan fingerprint density at radius 2 is 1.64 bits per heavy atom. The summed E-state index contributed by atoms with van der Waals surface area (Å²) in [7, 11) is 2.54. The van der Waals surface area contributed by atoms with E-state index in [9.17, 15) is 31.9 Å². The molecule has 2 amide bonds. The van der Waals surface area contributed by atoms with Crippen molar-refractivity contribution in [2.45, 2.75) is 24.9 Å². The van der Waals surface area contributed by atoms with Gasteiger partial charge in [0.1, 0.15) is 40.7 Å². The third-order valence-electron chi connectivity index (χ3n) is 6.47. The molecule has 9 nitrogen and oxygen atoms in total. The second-order valence-corrected chi connectivity index (χ2v) is 9.12. The summed E-state index contributed by atoms with van der Waals surface area (Å²) in [6.07, 6.45) is -4.07. The number of benzene rings is 2. The fourth-order valence-electron chi connectivity index (χ4n) is 4.57. The highest BCUT2D eigenvalue weighted by Crippen LogP contribution is 2.36. The van der Waals surface area contributed by atoms with Crippen LogP contribution in [0, 0.1) is 17.5 Å². The van der Waals surface area contributed by atoms with Gasteiger partial charge in [-0.25, -0.2) is 13.2 Å². The van der Waals surface area contributed by atoms with Crippen LogP contribution in [0.15, 0.2) is 53.5 Å². The molecule has 0 bridgehead atoms. The first-order chi connectivity index (χ1) is 19.8. The second-order valence-electron chi connectivity index (χ2n) is 9.12. The first-order valence-electron chi connectivity index (χ1n) is 12.2. The zero-order chi connectivity index (χ0) is 30.8. The van der Waals surface area contributed by atoms with Crippen LogP contribution in [-0.2, 0) is 16.1 Å². The van der Waals surface area contributed by atoms with Gasteiger partial charge in [-0.2, -0.15) is 0 Å². The molecule has 1 fully saturated rings. The molecule has 1 aliphatic heterocycles. The van der Waals surface area contributed by atoms with Crippen molar-refractivity contribution < 1.29 is 50.1 Å². The topological polar surface area (TPSA) is 99.1 Å². The van der Waals surface area contributed by atoms with E-state index in [1.54, 1.807) is 0 Å². The molecule has 0 aliphatic carbocycles. The number of amides is 2. The van der Waals surface area contributed by atoms with Crippen molar-refractivity contribution in [2.75, 3.05) is 32.3 Å². The Bertz CT molecular complexity index is 1520. The largest absolute Gasteiger partial charge is 0.573 e. The molecular formula is C27H23F6N3O6. The third-order valence-corrected chi connectivity index (χ3v) is 6.47. The predicted octanol–water partition coefficient (Wildman–Crippen LogP) is 3.75. The van der Waals surface area contributed by atoms with Gasteiger partial charge < -0.3 is 29.0 Å². The molecule has 1 N–H and O–H groups in total. The maximum atomic E-state index is 15.2. The molecule has 2 aromatic carbocycles. The van der Waals surface area contributed by atoms with Crippen molar-refractivity contribution in [3.63, 3.8) is 0 Å². The van der Waals surface area contributed by atoms with Crippen molar-refractivity contribution in [1.29, 1.82) is 0 Å². The van der Waals surface area contributed by atoms with Crippen LogP contribution in [0.2, 0.25) is 0 Å². The molecule has 1 unspecified atom stereocenters. The number of carbonyl (C=O) groups excluding carboxylic acids is 2. The summed E-state index contributed by atoms with van der Waals surface area (Å²) in [6, 6.07) is 4.53. The molecule has 42 heavy (non-hydrogen) atoms. The number of halogens is 6. The molecule has 0 saturated carbocycles. The lowest BCUT2D eigenvalue weighted by Gasteiger charge is -2.20. The van der Waals surface area contributed by atoms with Crippen molar-refractivity contribution in [3.8, 4) is 11.5 Å². The number of nitrogens with one attached hydrogen (secondary N) is 1. The molecule has 1 saturated heterocycles. The molecule has 3 aromatic rings. The quantitative estimate of drug-likeness (QED) is 0.377. The number of methoxy groups -OCH3 is 2. The monoisotopic (exact) mass is 599 g/mol. The van der Waals surface area contributed by atoms with E-state index in [4.69, 9.17) is 9.47 Å². The Hall–Kier alpha value is -4.53. The molecule has 4 rings (SSSR count). The molecule has 0 radical (unpaired) electrons. The Kier molecular flexibility index (Phi) is 8.80. The van der Waals surface area contributed by atoms with E-state index < -0.39 is 76.7 Å². The van der Waals surface area contributed by atoms with Crippen molar-refractivity contribution in [3.05, 3.63) is 87.6 Å². The first-order valence-corrected chi connectivity index (χ1v) is 12.2. The first kappa shape index (κ1) is 30.4. The number of carbonyl (C=O) groups is 2. The highest BCUT2D eigenvalue weighted by molar-refractivity contribution is 6.05. The lowest BCUT2D eigenvalue weighted by atomic mass is 9.92. The zero-order valence-electron chi connectivity index (χ0n) is 22.0. The van der Waals surface area contributed by atoms with Crippen LogP contribution in [-0.4, -0.2) is 56.2 Å². The molecule has 224 valence electrons. The van der Waals surface area contributed by atoms with Gasteiger partial charge in [-0.05, 0) is 24.3 Å². The highest BCUT2D eigenvalue weighted by Gasteiger charge is 2.46. The predicted molar refractivity (Wildman–Crippen MR) is 135 cm³/mol. The number of alkyl halides is 3. The number of ether oxygens (including phenoxy) is 3. The number of hydrogen-bond acceptors (Lipinski definition) is 6. The summed E-state index contributed by atoms with van der Waals surface area (Å²) in [5.41, 5.74) is -2.07. The van der Waals surface area contributed by atoms with E-state index in [2.05, 4.69) is 10.1 Å². The summed E-state index contributed by atoms with van der Waals surface area (Å²) < 4.78 is 96.8. The molecular weight excluding hydrogens is 576 g/mol. The van der Waals surface area contributed by atoms with Gasteiger partial charge in [-0.3, -0.25) is 14.4 Å². The number of pyridine rings is 1. The average molecular weight is 599 g/mol. The minimum Gasteiger partial charge on any atom is -0.497 e. The van der Waals surface area contributed by atoms with Gasteiger partial charge in [0.15, 0.2) is 0 Å². The van der Waals surface area contributed by atoms with Crippen LogP contribution in [0.5, 0.6) is 11.5 Å². The summed E-state index contributed by atoms with van der Waals surface area (Å²) in [4.78, 5) is 40.6. The van der Waals surface area contributed by atoms with Crippen LogP contribution in [0.1, 0.15) is 21.8 Å². The number of anilines is 1. The van der Waals surface area contributed by atoms with Gasteiger partial charge >= 0.3 is 6.36 Å². The van der Waals surface area contributed by atoms with Gasteiger partial charge in [0.2, 0.25) is 5.91 Å². The fraction of sp³-hybridized carbons (Fsp3) is 0.296. The third kappa shape index (κ3) is 6.51. The minimum absolute atomic E-state index is 0.0348. The van der Waals surface area contributed by atoms with Gasteiger partial charge in [-0.15, -0.1) is 13.2 Å². The molecule has 1 aliphatic rings. The molecule has 2 atom stereocenters. The van der Waals surface area contributed by atoms with E-state index in [1.807, 2.05) is 0 Å². The standard InChI is InChI=1S/C27H23F6N3O6/c1-40-8-7-35-12-15(28)9-21(25(35)38)36-13-18(22-19(29)10-17(41-2)11-20(22)30)23(26(36)39)34-24(37)14-3-5-16(6-4-14)42-27(31,32)33/h3-6,9-12,18,23H,7-8,13H2,1-2H3,(H,34,37)/t18-,23?/m0/s1. The number of hydrogen-bond donors (Lipinski definition) is 1. The van der Waals surface area contributed by atoms with Crippen LogP contribution >= 0.6 is 0 Å². The average Bonchev–Trinajstić information content (AvgIpc) is 3.22. The molecule has 15 heteroatoms. The molecule has 1 aromatic heterocycles. The van der Waals surface area contributed by atoms with Crippen LogP contribution in [0.25, 0.3) is 0 Å². The van der Waals surface area contributed by atoms with E-state index in [-0.39, 0.29) is 24.5 Å². The number of rotatable bonds is 9. The molecule has 2 heterocycles. The summed E-state index contributed by atoms with van der Waals surface area (Å²) in [5, 5.41) is 2.35. The molecule has 0 spiro atoms. The van der Waals surface area contributed by atoms with E-state index in [0.29, 0.717) is 0 Å². The number of aromatic nitrogens is 1. The van der Waals surface area contributed by atoms with Crippen LogP contribution in [0.4, 0.5) is 32.0 Å². The Morgan fingerprint density at radius 3 is 2.21 bits per heavy atom. The zero-order valence-corrected chi connectivity index (χ0v) is 22.0. The van der Waals surface area contributed by atoms with E-state index in [0.717, 1.165) is 58.1 Å². The fourth-order valence-corrected chi connectivity index (χ4v) is 4.57. The lowest BCUT2D eigenvalue weighted by molar-refractivity contribution is -0.274. The highest BCUT2D eigenvalue weighted by atomic mass is 19.4. The normalized spacial score (nSPS) is 17.0. The Balaban J connectivity index is 1.73. The van der Waals surface area contributed by atoms with Crippen molar-refractivity contribution in [2.24, 2.45) is 0 Å². The maximum Gasteiger partial charge on any atom is 0.573 e. The summed E-state index contributed by atoms with van der Waals surface area (Å²) >= 11 is 0. The van der Waals surface area contributed by atoms with Crippen LogP contribution in [0.3, 0.4) is 0 Å². The van der Waals surface area contributed by atoms with E-state index in [1.165, 1.54) is 14.2 Å². The van der Waals surface area contributed by atoms with Crippen LogP contribution < -0.4 is 25.2 Å². The summed E-state index contributed by atoms with van der Waals surface area (Å²) in [5.74, 6) is -7.28. The van der Waals surface area contributed by atoms with E-state index >= 15 is 8.78 Å². The number of nitrogens with zero attached hydrogens (tertiary/aromatic N) is 2. The van der Waals surface area contributed by atoms with Crippen molar-refractivity contribution >= 4 is 17.5 Å².